The molecule has 4 aromatic rings. The number of aromatic nitrogens is 5. The molecule has 31 heavy (non-hydrogen) atoms. The van der Waals surface area contributed by atoms with Crippen molar-refractivity contribution >= 4 is 33.4 Å². The molecule has 0 aliphatic heterocycles. The van der Waals surface area contributed by atoms with E-state index in [-0.39, 0.29) is 0 Å². The molecule has 2 heterocycles. The fourth-order valence-electron chi connectivity index (χ4n) is 3.28. The number of hydrogen-bond donors (Lipinski definition) is 0. The van der Waals surface area contributed by atoms with E-state index in [1.165, 1.54) is 17.4 Å². The maximum Gasteiger partial charge on any atom is 0.247 e. The number of thioether (sulfide) groups is 1. The summed E-state index contributed by atoms with van der Waals surface area (Å²) in [5.74, 6) is 2.40. The molecule has 0 saturated carbocycles. The number of hydrogen-bond acceptors (Lipinski definition) is 7. The Labute approximate surface area is 194 Å². The second kappa shape index (κ2) is 9.65. The van der Waals surface area contributed by atoms with Gasteiger partial charge < -0.3 is 13.9 Å². The van der Waals surface area contributed by atoms with Gasteiger partial charge in [-0.2, -0.15) is 0 Å². The Kier molecular flexibility index (Phi) is 6.72. The van der Waals surface area contributed by atoms with Crippen LogP contribution >= 0.6 is 27.7 Å². The van der Waals surface area contributed by atoms with Crippen LogP contribution < -0.4 is 4.90 Å². The number of rotatable bonds is 8. The molecule has 0 aliphatic carbocycles. The summed E-state index contributed by atoms with van der Waals surface area (Å²) in [7, 11) is 1.97. The number of nitrogens with zero attached hydrogens (tertiary/aromatic N) is 6. The lowest BCUT2D eigenvalue weighted by atomic mass is 10.2. The van der Waals surface area contributed by atoms with E-state index >= 15 is 0 Å². The lowest BCUT2D eigenvalue weighted by molar-refractivity contribution is 0.528. The van der Waals surface area contributed by atoms with Gasteiger partial charge in [-0.15, -0.1) is 20.4 Å². The van der Waals surface area contributed by atoms with E-state index in [0.29, 0.717) is 17.5 Å². The largest absolute Gasteiger partial charge is 0.420 e. The van der Waals surface area contributed by atoms with Crippen molar-refractivity contribution in [3.8, 4) is 22.8 Å². The Balaban J connectivity index is 1.44. The molecule has 0 spiro atoms. The van der Waals surface area contributed by atoms with Gasteiger partial charge in [0.2, 0.25) is 11.8 Å². The van der Waals surface area contributed by atoms with Crippen molar-refractivity contribution in [1.29, 1.82) is 0 Å². The minimum absolute atomic E-state index is 0.504. The molecule has 0 fully saturated rings. The minimum Gasteiger partial charge on any atom is -0.420 e. The quantitative estimate of drug-likeness (QED) is 0.299. The highest BCUT2D eigenvalue weighted by atomic mass is 79.9. The number of benzene rings is 2. The lowest BCUT2D eigenvalue weighted by Crippen LogP contribution is -2.21. The highest BCUT2D eigenvalue weighted by Crippen LogP contribution is 2.28. The third-order valence-corrected chi connectivity index (χ3v) is 6.45. The SMILES string of the molecule is CCN(CC)c1ccc(-c2nnc(SCc3nnc(-c4cccc(Br)c4)o3)n2C)cc1. The van der Waals surface area contributed by atoms with Crippen LogP contribution in [0.15, 0.2) is 62.6 Å². The van der Waals surface area contributed by atoms with Crippen LogP contribution in [0.2, 0.25) is 0 Å². The summed E-state index contributed by atoms with van der Waals surface area (Å²) in [4.78, 5) is 2.31. The molecule has 0 atom stereocenters. The van der Waals surface area contributed by atoms with Gasteiger partial charge in [-0.05, 0) is 56.3 Å². The second-order valence-electron chi connectivity index (χ2n) is 6.88. The van der Waals surface area contributed by atoms with Crippen molar-refractivity contribution in [2.24, 2.45) is 7.05 Å². The minimum atomic E-state index is 0.504. The second-order valence-corrected chi connectivity index (χ2v) is 8.74. The van der Waals surface area contributed by atoms with Crippen LogP contribution in [0.25, 0.3) is 22.8 Å². The van der Waals surface area contributed by atoms with Gasteiger partial charge in [0.1, 0.15) is 0 Å². The first kappa shape index (κ1) is 21.6. The lowest BCUT2D eigenvalue weighted by Gasteiger charge is -2.21. The monoisotopic (exact) mass is 498 g/mol. The maximum absolute atomic E-state index is 5.81. The molecule has 4 rings (SSSR count). The first-order valence-corrected chi connectivity index (χ1v) is 11.8. The molecule has 0 aliphatic rings. The van der Waals surface area contributed by atoms with Gasteiger partial charge in [0.25, 0.3) is 0 Å². The van der Waals surface area contributed by atoms with E-state index in [1.807, 2.05) is 35.9 Å². The van der Waals surface area contributed by atoms with Crippen molar-refractivity contribution in [3.05, 3.63) is 58.9 Å². The fourth-order valence-corrected chi connectivity index (χ4v) is 4.43. The van der Waals surface area contributed by atoms with Crippen molar-refractivity contribution in [2.75, 3.05) is 18.0 Å². The Morgan fingerprint density at radius 3 is 2.45 bits per heavy atom. The third kappa shape index (κ3) is 4.83. The molecular weight excluding hydrogens is 476 g/mol. The van der Waals surface area contributed by atoms with Gasteiger partial charge in [-0.25, -0.2) is 0 Å². The van der Waals surface area contributed by atoms with E-state index in [2.05, 4.69) is 79.3 Å². The standard InChI is InChI=1S/C22H23BrN6OS/c1-4-29(5-2)18-11-9-15(10-12-18)20-25-27-22(28(20)3)31-14-19-24-26-21(30-19)16-7-6-8-17(23)13-16/h6-13H,4-5,14H2,1-3H3. The van der Waals surface area contributed by atoms with Crippen LogP contribution in [0.5, 0.6) is 0 Å². The van der Waals surface area contributed by atoms with Gasteiger partial charge in [0.05, 0.1) is 5.75 Å². The first-order chi connectivity index (χ1) is 15.1. The van der Waals surface area contributed by atoms with Crippen molar-refractivity contribution in [3.63, 3.8) is 0 Å². The molecule has 0 unspecified atom stereocenters. The summed E-state index contributed by atoms with van der Waals surface area (Å²) in [6.45, 7) is 6.29. The fraction of sp³-hybridized carbons (Fsp3) is 0.273. The van der Waals surface area contributed by atoms with Gasteiger partial charge in [0.15, 0.2) is 11.0 Å². The number of halogens is 1. The van der Waals surface area contributed by atoms with Crippen LogP contribution in [-0.2, 0) is 12.8 Å². The van der Waals surface area contributed by atoms with Crippen molar-refractivity contribution in [2.45, 2.75) is 24.8 Å². The molecule has 0 N–H and O–H groups in total. The average Bonchev–Trinajstić information content (AvgIpc) is 3.40. The Bertz CT molecular complexity index is 1150. The molecule has 0 amide bonds. The van der Waals surface area contributed by atoms with Crippen molar-refractivity contribution in [1.82, 2.24) is 25.0 Å². The summed E-state index contributed by atoms with van der Waals surface area (Å²) >= 11 is 4.98. The normalized spacial score (nSPS) is 11.1. The van der Waals surface area contributed by atoms with Gasteiger partial charge >= 0.3 is 0 Å². The van der Waals surface area contributed by atoms with Crippen LogP contribution in [0.1, 0.15) is 19.7 Å². The van der Waals surface area contributed by atoms with Crippen molar-refractivity contribution < 1.29 is 4.42 Å². The molecule has 9 heteroatoms. The predicted molar refractivity (Wildman–Crippen MR) is 127 cm³/mol. The molecule has 160 valence electrons. The van der Waals surface area contributed by atoms with Crippen LogP contribution in [0, 0.1) is 0 Å². The summed E-state index contributed by atoms with van der Waals surface area (Å²) in [6.07, 6.45) is 0. The van der Waals surface area contributed by atoms with E-state index < -0.39 is 0 Å². The van der Waals surface area contributed by atoms with Gasteiger partial charge in [-0.3, -0.25) is 0 Å². The van der Waals surface area contributed by atoms with Crippen LogP contribution in [0.4, 0.5) is 5.69 Å². The smallest absolute Gasteiger partial charge is 0.247 e. The molecule has 0 saturated heterocycles. The summed E-state index contributed by atoms with van der Waals surface area (Å²) in [5.41, 5.74) is 3.13. The summed E-state index contributed by atoms with van der Waals surface area (Å²) in [5, 5.41) is 17.8. The zero-order valence-corrected chi connectivity index (χ0v) is 20.0. The van der Waals surface area contributed by atoms with Gasteiger partial charge in [0, 0.05) is 41.4 Å². The average molecular weight is 499 g/mol. The molecule has 2 aromatic heterocycles. The molecule has 2 aromatic carbocycles. The Hall–Kier alpha value is -2.65. The van der Waals surface area contributed by atoms with E-state index in [0.717, 1.165) is 39.7 Å². The highest BCUT2D eigenvalue weighted by Gasteiger charge is 2.14. The predicted octanol–water partition coefficient (Wildman–Crippen LogP) is 5.43. The number of anilines is 1. The first-order valence-electron chi connectivity index (χ1n) is 10.0. The van der Waals surface area contributed by atoms with Crippen LogP contribution in [-0.4, -0.2) is 38.1 Å². The van der Waals surface area contributed by atoms with E-state index in [1.54, 1.807) is 0 Å². The maximum atomic E-state index is 5.81. The summed E-state index contributed by atoms with van der Waals surface area (Å²) in [6, 6.07) is 16.2. The summed E-state index contributed by atoms with van der Waals surface area (Å²) < 4.78 is 8.77. The zero-order chi connectivity index (χ0) is 21.8. The highest BCUT2D eigenvalue weighted by molar-refractivity contribution is 9.10. The molecular formula is C22H23BrN6OS. The molecule has 0 radical (unpaired) electrons. The molecule has 7 nitrogen and oxygen atoms in total. The molecule has 0 bridgehead atoms. The van der Waals surface area contributed by atoms with Crippen LogP contribution in [0.3, 0.4) is 0 Å². The van der Waals surface area contributed by atoms with E-state index in [9.17, 15) is 0 Å². The van der Waals surface area contributed by atoms with E-state index in [4.69, 9.17) is 4.42 Å². The topological polar surface area (TPSA) is 72.9 Å². The Morgan fingerprint density at radius 2 is 1.74 bits per heavy atom. The Morgan fingerprint density at radius 1 is 0.968 bits per heavy atom. The van der Waals surface area contributed by atoms with Gasteiger partial charge in [-0.1, -0.05) is 33.8 Å². The zero-order valence-electron chi connectivity index (χ0n) is 17.6. The third-order valence-electron chi connectivity index (χ3n) is 4.95.